The number of carboxylic acid groups (broad SMARTS) is 1. The van der Waals surface area contributed by atoms with E-state index in [1.54, 1.807) is 0 Å². The van der Waals surface area contributed by atoms with Crippen LogP contribution < -0.4 is 0 Å². The van der Waals surface area contributed by atoms with Gasteiger partial charge in [-0.2, -0.15) is 0 Å². The smallest absolute Gasteiger partial charge is 0.303 e. The zero-order valence-corrected chi connectivity index (χ0v) is 6.95. The summed E-state index contributed by atoms with van der Waals surface area (Å²) in [5.74, 6) is -0.779. The van der Waals surface area contributed by atoms with Gasteiger partial charge in [-0.15, -0.1) is 0 Å². The van der Waals surface area contributed by atoms with E-state index in [0.29, 0.717) is 6.42 Å². The van der Waals surface area contributed by atoms with Crippen molar-refractivity contribution < 1.29 is 9.90 Å². The molecule has 0 atom stereocenters. The molecule has 1 N–H and O–H groups in total. The zero-order valence-electron chi connectivity index (χ0n) is 6.95. The SMILES string of the molecule is Cc1cccc(CCC(=O)O)n1. The molecule has 0 bridgehead atoms. The van der Waals surface area contributed by atoms with Gasteiger partial charge in [-0.05, 0) is 19.1 Å². The molecule has 0 radical (unpaired) electrons. The summed E-state index contributed by atoms with van der Waals surface area (Å²) in [6, 6.07) is 5.62. The normalized spacial score (nSPS) is 9.75. The number of aromatic nitrogens is 1. The molecule has 1 aromatic rings. The topological polar surface area (TPSA) is 50.2 Å². The molecule has 1 rings (SSSR count). The van der Waals surface area contributed by atoms with Gasteiger partial charge in [0.2, 0.25) is 0 Å². The molecule has 0 unspecified atom stereocenters. The summed E-state index contributed by atoms with van der Waals surface area (Å²) < 4.78 is 0. The molecule has 3 heteroatoms. The molecular formula is C9H11NO2. The van der Waals surface area contributed by atoms with Crippen LogP contribution in [0.25, 0.3) is 0 Å². The molecule has 0 aliphatic rings. The van der Waals surface area contributed by atoms with Crippen LogP contribution in [0.1, 0.15) is 17.8 Å². The van der Waals surface area contributed by atoms with Crippen LogP contribution in [0.5, 0.6) is 0 Å². The van der Waals surface area contributed by atoms with E-state index in [9.17, 15) is 4.79 Å². The quantitative estimate of drug-likeness (QED) is 0.736. The highest BCUT2D eigenvalue weighted by Crippen LogP contribution is 2.00. The molecule has 0 saturated heterocycles. The number of rotatable bonds is 3. The van der Waals surface area contributed by atoms with E-state index in [2.05, 4.69) is 4.98 Å². The van der Waals surface area contributed by atoms with E-state index in [0.717, 1.165) is 11.4 Å². The highest BCUT2D eigenvalue weighted by atomic mass is 16.4. The minimum absolute atomic E-state index is 0.149. The van der Waals surface area contributed by atoms with E-state index in [-0.39, 0.29) is 6.42 Å². The molecule has 64 valence electrons. The summed E-state index contributed by atoms with van der Waals surface area (Å²) in [5.41, 5.74) is 1.77. The van der Waals surface area contributed by atoms with Crippen molar-refractivity contribution in [3.8, 4) is 0 Å². The third-order valence-electron chi connectivity index (χ3n) is 1.54. The minimum atomic E-state index is -0.779. The van der Waals surface area contributed by atoms with Crippen molar-refractivity contribution in [1.29, 1.82) is 0 Å². The Hall–Kier alpha value is -1.38. The molecule has 1 aromatic heterocycles. The first-order valence-corrected chi connectivity index (χ1v) is 3.83. The highest BCUT2D eigenvalue weighted by Gasteiger charge is 1.99. The minimum Gasteiger partial charge on any atom is -0.481 e. The molecule has 1 heterocycles. The summed E-state index contributed by atoms with van der Waals surface area (Å²) in [7, 11) is 0. The molecule has 0 aliphatic carbocycles. The van der Waals surface area contributed by atoms with Gasteiger partial charge in [-0.25, -0.2) is 0 Å². The standard InChI is InChI=1S/C9H11NO2/c1-7-3-2-4-8(10-7)5-6-9(11)12/h2-4H,5-6H2,1H3,(H,11,12). The highest BCUT2D eigenvalue weighted by molar-refractivity contribution is 5.66. The summed E-state index contributed by atoms with van der Waals surface area (Å²) >= 11 is 0. The second kappa shape index (κ2) is 3.85. The lowest BCUT2D eigenvalue weighted by atomic mass is 10.2. The Kier molecular flexibility index (Phi) is 2.80. The first-order valence-electron chi connectivity index (χ1n) is 3.83. The maximum atomic E-state index is 10.2. The van der Waals surface area contributed by atoms with Crippen LogP contribution in [-0.4, -0.2) is 16.1 Å². The van der Waals surface area contributed by atoms with Crippen LogP contribution in [-0.2, 0) is 11.2 Å². The average Bonchev–Trinajstić information content (AvgIpc) is 2.01. The van der Waals surface area contributed by atoms with Gasteiger partial charge in [0, 0.05) is 17.8 Å². The summed E-state index contributed by atoms with van der Waals surface area (Å²) in [6.07, 6.45) is 0.660. The number of aliphatic carboxylic acids is 1. The lowest BCUT2D eigenvalue weighted by molar-refractivity contribution is -0.136. The number of hydrogen-bond donors (Lipinski definition) is 1. The molecule has 12 heavy (non-hydrogen) atoms. The number of carbonyl (C=O) groups is 1. The average molecular weight is 165 g/mol. The van der Waals surface area contributed by atoms with Crippen LogP contribution in [0.3, 0.4) is 0 Å². The number of aryl methyl sites for hydroxylation is 2. The summed E-state index contributed by atoms with van der Waals surface area (Å²) in [4.78, 5) is 14.4. The predicted octanol–water partition coefficient (Wildman–Crippen LogP) is 1.41. The van der Waals surface area contributed by atoms with Gasteiger partial charge in [0.25, 0.3) is 0 Å². The van der Waals surface area contributed by atoms with Crippen molar-refractivity contribution in [3.63, 3.8) is 0 Å². The van der Waals surface area contributed by atoms with Gasteiger partial charge in [0.05, 0.1) is 6.42 Å². The van der Waals surface area contributed by atoms with Gasteiger partial charge in [0.15, 0.2) is 0 Å². The third-order valence-corrected chi connectivity index (χ3v) is 1.54. The first-order chi connectivity index (χ1) is 5.68. The third kappa shape index (κ3) is 2.70. The first kappa shape index (κ1) is 8.71. The molecule has 0 aliphatic heterocycles. The van der Waals surface area contributed by atoms with Crippen molar-refractivity contribution in [2.75, 3.05) is 0 Å². The predicted molar refractivity (Wildman–Crippen MR) is 44.9 cm³/mol. The van der Waals surface area contributed by atoms with Gasteiger partial charge in [0.1, 0.15) is 0 Å². The van der Waals surface area contributed by atoms with Crippen molar-refractivity contribution >= 4 is 5.97 Å². The Balaban J connectivity index is 2.57. The Bertz CT molecular complexity index is 284. The van der Waals surface area contributed by atoms with E-state index in [4.69, 9.17) is 5.11 Å². The van der Waals surface area contributed by atoms with Crippen LogP contribution in [0.2, 0.25) is 0 Å². The van der Waals surface area contributed by atoms with Gasteiger partial charge in [-0.1, -0.05) is 6.07 Å². The Morgan fingerprint density at radius 2 is 2.33 bits per heavy atom. The molecule has 3 nitrogen and oxygen atoms in total. The van der Waals surface area contributed by atoms with Crippen molar-refractivity contribution in [2.24, 2.45) is 0 Å². The second-order valence-corrected chi connectivity index (χ2v) is 2.66. The summed E-state index contributed by atoms with van der Waals surface area (Å²) in [5, 5.41) is 8.42. The molecule has 0 amide bonds. The largest absolute Gasteiger partial charge is 0.481 e. The monoisotopic (exact) mass is 165 g/mol. The van der Waals surface area contributed by atoms with Crippen LogP contribution in [0.4, 0.5) is 0 Å². The fraction of sp³-hybridized carbons (Fsp3) is 0.333. The molecule has 0 fully saturated rings. The Labute approximate surface area is 71.1 Å². The van der Waals surface area contributed by atoms with Crippen LogP contribution >= 0.6 is 0 Å². The maximum Gasteiger partial charge on any atom is 0.303 e. The van der Waals surface area contributed by atoms with Gasteiger partial charge >= 0.3 is 5.97 Å². The number of hydrogen-bond acceptors (Lipinski definition) is 2. The number of carboxylic acids is 1. The molecular weight excluding hydrogens is 154 g/mol. The Morgan fingerprint density at radius 3 is 2.92 bits per heavy atom. The maximum absolute atomic E-state index is 10.2. The lowest BCUT2D eigenvalue weighted by Crippen LogP contribution is -1.99. The molecule has 0 saturated carbocycles. The van der Waals surface area contributed by atoms with E-state index < -0.39 is 5.97 Å². The molecule has 0 aromatic carbocycles. The summed E-state index contributed by atoms with van der Waals surface area (Å²) in [6.45, 7) is 1.89. The molecule has 0 spiro atoms. The van der Waals surface area contributed by atoms with E-state index in [1.807, 2.05) is 25.1 Å². The second-order valence-electron chi connectivity index (χ2n) is 2.66. The van der Waals surface area contributed by atoms with Crippen LogP contribution in [0.15, 0.2) is 18.2 Å². The van der Waals surface area contributed by atoms with E-state index >= 15 is 0 Å². The van der Waals surface area contributed by atoms with Gasteiger partial charge in [-0.3, -0.25) is 9.78 Å². The fourth-order valence-corrected chi connectivity index (χ4v) is 0.974. The van der Waals surface area contributed by atoms with Crippen LogP contribution in [0, 0.1) is 6.92 Å². The zero-order chi connectivity index (χ0) is 8.97. The number of nitrogens with zero attached hydrogens (tertiary/aromatic N) is 1. The Morgan fingerprint density at radius 1 is 1.58 bits per heavy atom. The van der Waals surface area contributed by atoms with Gasteiger partial charge < -0.3 is 5.11 Å². The van der Waals surface area contributed by atoms with E-state index in [1.165, 1.54) is 0 Å². The lowest BCUT2D eigenvalue weighted by Gasteiger charge is -1.98. The van der Waals surface area contributed by atoms with Crippen molar-refractivity contribution in [1.82, 2.24) is 4.98 Å². The van der Waals surface area contributed by atoms with Crippen molar-refractivity contribution in [2.45, 2.75) is 19.8 Å². The number of pyridine rings is 1. The van der Waals surface area contributed by atoms with Crippen molar-refractivity contribution in [3.05, 3.63) is 29.6 Å². The fourth-order valence-electron chi connectivity index (χ4n) is 0.974.